The number of fused-ring (bicyclic) bond motifs is 2. The molecule has 2 atom stereocenters. The van der Waals surface area contributed by atoms with Crippen LogP contribution < -0.4 is 5.56 Å². The van der Waals surface area contributed by atoms with Crippen LogP contribution in [0.3, 0.4) is 0 Å². The first kappa shape index (κ1) is 26.4. The molecule has 1 aliphatic rings. The van der Waals surface area contributed by atoms with Crippen LogP contribution in [0, 0.1) is 11.7 Å². The van der Waals surface area contributed by atoms with Crippen LogP contribution in [0.4, 0.5) is 4.39 Å². The molecule has 9 nitrogen and oxygen atoms in total. The van der Waals surface area contributed by atoms with Crippen molar-refractivity contribution in [2.24, 2.45) is 11.1 Å². The second-order valence-corrected chi connectivity index (χ2v) is 10.5. The summed E-state index contributed by atoms with van der Waals surface area (Å²) in [4.78, 5) is 40.2. The van der Waals surface area contributed by atoms with E-state index in [1.54, 1.807) is 25.1 Å². The van der Waals surface area contributed by atoms with Crippen LogP contribution in [0.1, 0.15) is 50.4 Å². The lowest BCUT2D eigenvalue weighted by molar-refractivity contribution is -0.141. The summed E-state index contributed by atoms with van der Waals surface area (Å²) in [5.74, 6) is -0.923. The zero-order valence-electron chi connectivity index (χ0n) is 22.5. The fourth-order valence-corrected chi connectivity index (χ4v) is 5.03. The first-order valence-electron chi connectivity index (χ1n) is 13.4. The number of halogens is 1. The van der Waals surface area contributed by atoms with Gasteiger partial charge in [0.15, 0.2) is 5.58 Å². The predicted molar refractivity (Wildman–Crippen MR) is 151 cm³/mol. The first-order valence-corrected chi connectivity index (χ1v) is 13.4. The van der Waals surface area contributed by atoms with E-state index in [9.17, 15) is 19.1 Å². The van der Waals surface area contributed by atoms with E-state index >= 15 is 0 Å². The van der Waals surface area contributed by atoms with Crippen molar-refractivity contribution in [3.63, 3.8) is 0 Å². The molecule has 3 heterocycles. The Balaban J connectivity index is 1.35. The van der Waals surface area contributed by atoms with E-state index in [-0.39, 0.29) is 5.56 Å². The van der Waals surface area contributed by atoms with Gasteiger partial charge in [-0.2, -0.15) is 0 Å². The molecule has 0 saturated carbocycles. The Labute approximate surface area is 233 Å². The van der Waals surface area contributed by atoms with Gasteiger partial charge in [0, 0.05) is 18.4 Å². The molecule has 3 aromatic carbocycles. The summed E-state index contributed by atoms with van der Waals surface area (Å²) in [6.45, 7) is 3.51. The number of nitrogens with zero attached hydrogens (tertiary/aromatic N) is 4. The highest BCUT2D eigenvalue weighted by atomic mass is 19.1. The average molecular weight is 555 g/mol. The maximum Gasteiger partial charge on any atom is 0.306 e. The van der Waals surface area contributed by atoms with E-state index in [0.29, 0.717) is 65.3 Å². The van der Waals surface area contributed by atoms with Gasteiger partial charge in [0.2, 0.25) is 11.5 Å². The van der Waals surface area contributed by atoms with Crippen molar-refractivity contribution in [3.8, 4) is 5.69 Å². The van der Waals surface area contributed by atoms with Crippen molar-refractivity contribution < 1.29 is 23.5 Å². The third kappa shape index (κ3) is 4.97. The summed E-state index contributed by atoms with van der Waals surface area (Å²) in [5, 5.41) is 14.0. The number of carbonyl (C=O) groups is 1. The van der Waals surface area contributed by atoms with E-state index in [0.717, 1.165) is 11.1 Å². The van der Waals surface area contributed by atoms with Gasteiger partial charge in [0.25, 0.3) is 5.56 Å². The number of aromatic nitrogens is 3. The number of aryl methyl sites for hydroxylation is 1. The van der Waals surface area contributed by atoms with Gasteiger partial charge >= 0.3 is 5.97 Å². The molecular formula is C31H27FN4O5. The highest BCUT2D eigenvalue weighted by Gasteiger charge is 2.41. The minimum Gasteiger partial charge on any atom is -0.481 e. The zero-order chi connectivity index (χ0) is 28.7. The minimum atomic E-state index is -0.894. The fourth-order valence-electron chi connectivity index (χ4n) is 5.03. The number of carboxylic acid groups (broad SMARTS) is 1. The van der Waals surface area contributed by atoms with Gasteiger partial charge in [-0.3, -0.25) is 14.2 Å². The second-order valence-electron chi connectivity index (χ2n) is 10.5. The quantitative estimate of drug-likeness (QED) is 0.259. The van der Waals surface area contributed by atoms with Crippen LogP contribution in [0.5, 0.6) is 0 Å². The molecule has 0 fully saturated rings. The lowest BCUT2D eigenvalue weighted by Gasteiger charge is -2.16. The van der Waals surface area contributed by atoms with Crippen molar-refractivity contribution >= 4 is 33.7 Å². The molecule has 0 spiro atoms. The lowest BCUT2D eigenvalue weighted by Crippen LogP contribution is -2.24. The normalized spacial score (nSPS) is 17.5. The lowest BCUT2D eigenvalue weighted by atomic mass is 9.95. The molecule has 0 bridgehead atoms. The van der Waals surface area contributed by atoms with Crippen molar-refractivity contribution in [1.82, 2.24) is 14.5 Å². The molecule has 10 heteroatoms. The summed E-state index contributed by atoms with van der Waals surface area (Å²) >= 11 is 0. The van der Waals surface area contributed by atoms with Gasteiger partial charge in [-0.25, -0.2) is 14.4 Å². The Morgan fingerprint density at radius 3 is 2.63 bits per heavy atom. The Kier molecular flexibility index (Phi) is 6.61. The number of para-hydroxylation sites is 2. The number of hydrogen-bond acceptors (Lipinski definition) is 7. The Hall–Kier alpha value is -4.86. The van der Waals surface area contributed by atoms with Gasteiger partial charge in [0.05, 0.1) is 28.2 Å². The summed E-state index contributed by atoms with van der Waals surface area (Å²) in [5.41, 5.74) is 2.58. The number of hydrogen-bond donors (Lipinski definition) is 1. The zero-order valence-corrected chi connectivity index (χ0v) is 22.5. The van der Waals surface area contributed by atoms with Gasteiger partial charge in [-0.05, 0) is 68.3 Å². The van der Waals surface area contributed by atoms with Crippen molar-refractivity contribution in [2.45, 2.75) is 45.1 Å². The summed E-state index contributed by atoms with van der Waals surface area (Å²) in [6, 6.07) is 18.4. The van der Waals surface area contributed by atoms with Crippen molar-refractivity contribution in [2.75, 3.05) is 0 Å². The van der Waals surface area contributed by atoms with Crippen molar-refractivity contribution in [3.05, 3.63) is 100 Å². The highest BCUT2D eigenvalue weighted by molar-refractivity contribution is 6.03. The molecule has 1 N–H and O–H groups in total. The third-order valence-corrected chi connectivity index (χ3v) is 7.42. The smallest absolute Gasteiger partial charge is 0.306 e. The number of benzene rings is 3. The molecule has 208 valence electrons. The maximum absolute atomic E-state index is 13.7. The van der Waals surface area contributed by atoms with Crippen LogP contribution in [0.15, 0.2) is 81.1 Å². The number of carboxylic acids is 1. The number of rotatable bonds is 8. The molecule has 2 unspecified atom stereocenters. The number of oxime groups is 1. The molecule has 0 aliphatic carbocycles. The van der Waals surface area contributed by atoms with Gasteiger partial charge < -0.3 is 14.4 Å². The Morgan fingerprint density at radius 1 is 1.10 bits per heavy atom. The van der Waals surface area contributed by atoms with Gasteiger partial charge in [-0.1, -0.05) is 30.3 Å². The summed E-state index contributed by atoms with van der Waals surface area (Å²) in [7, 11) is 0. The topological polar surface area (TPSA) is 120 Å². The monoisotopic (exact) mass is 554 g/mol. The van der Waals surface area contributed by atoms with E-state index in [2.05, 4.69) is 10.1 Å². The third-order valence-electron chi connectivity index (χ3n) is 7.42. The molecule has 2 aromatic heterocycles. The second kappa shape index (κ2) is 10.3. The van der Waals surface area contributed by atoms with Crippen LogP contribution >= 0.6 is 0 Å². The van der Waals surface area contributed by atoms with Crippen LogP contribution in [-0.4, -0.2) is 31.3 Å². The molecule has 0 amide bonds. The van der Waals surface area contributed by atoms with E-state index in [4.69, 9.17) is 14.2 Å². The average Bonchev–Trinajstić information content (AvgIpc) is 3.59. The molecule has 0 saturated heterocycles. The van der Waals surface area contributed by atoms with E-state index in [1.807, 2.05) is 31.2 Å². The standard InChI is InChI=1S/C31H27FN4O5/c1-18(29(38)39)6-5-9-27-33-24-16-19(10-15-22(24)28(37)36(27)21-13-11-20(32)12-14-21)25-17-31(2,41-35-25)30-34-23-7-3-4-8-26(23)40-30/h3-4,7-8,10-16,18H,5-6,9,17H2,1-2H3,(H,38,39). The van der Waals surface area contributed by atoms with E-state index in [1.165, 1.54) is 28.8 Å². The summed E-state index contributed by atoms with van der Waals surface area (Å²) < 4.78 is 21.1. The number of oxazole rings is 1. The molecular weight excluding hydrogens is 527 g/mol. The maximum atomic E-state index is 13.7. The van der Waals surface area contributed by atoms with E-state index < -0.39 is 23.3 Å². The SMILES string of the molecule is CC(CCCc1nc2cc(C3=NOC(C)(c4nc5ccccc5o4)C3)ccc2c(=O)n1-c1ccc(F)cc1)C(=O)O. The molecule has 6 rings (SSSR count). The Morgan fingerprint density at radius 2 is 1.88 bits per heavy atom. The number of aliphatic carboxylic acids is 1. The van der Waals surface area contributed by atoms with Crippen LogP contribution in [0.25, 0.3) is 27.7 Å². The first-order chi connectivity index (χ1) is 19.7. The molecule has 1 aliphatic heterocycles. The fraction of sp³-hybridized carbons (Fsp3) is 0.258. The van der Waals surface area contributed by atoms with Crippen LogP contribution in [0.2, 0.25) is 0 Å². The van der Waals surface area contributed by atoms with Gasteiger partial charge in [-0.15, -0.1) is 0 Å². The Bertz CT molecular complexity index is 1840. The van der Waals surface area contributed by atoms with Crippen LogP contribution in [-0.2, 0) is 21.7 Å². The summed E-state index contributed by atoms with van der Waals surface area (Å²) in [6.07, 6.45) is 1.70. The minimum absolute atomic E-state index is 0.296. The molecule has 0 radical (unpaired) electrons. The highest BCUT2D eigenvalue weighted by Crippen LogP contribution is 2.37. The molecule has 41 heavy (non-hydrogen) atoms. The predicted octanol–water partition coefficient (Wildman–Crippen LogP) is 5.75. The van der Waals surface area contributed by atoms with Crippen molar-refractivity contribution in [1.29, 1.82) is 0 Å². The molecule has 5 aromatic rings. The largest absolute Gasteiger partial charge is 0.481 e. The van der Waals surface area contributed by atoms with Gasteiger partial charge in [0.1, 0.15) is 17.2 Å².